The highest BCUT2D eigenvalue weighted by Crippen LogP contribution is 2.34. The normalized spacial score (nSPS) is 34.7. The fourth-order valence-corrected chi connectivity index (χ4v) is 1.11. The molecule has 1 aliphatic heterocycles. The van der Waals surface area contributed by atoms with Crippen LogP contribution in [0.3, 0.4) is 0 Å². The van der Waals surface area contributed by atoms with Crippen LogP contribution in [0.5, 0.6) is 0 Å². The van der Waals surface area contributed by atoms with E-state index < -0.39 is 18.1 Å². The fraction of sp³-hybridized carbons (Fsp3) is 0.875. The van der Waals surface area contributed by atoms with Crippen molar-refractivity contribution in [3.63, 3.8) is 0 Å². The van der Waals surface area contributed by atoms with Gasteiger partial charge in [0.25, 0.3) is 5.92 Å². The van der Waals surface area contributed by atoms with Crippen molar-refractivity contribution < 1.29 is 18.3 Å². The van der Waals surface area contributed by atoms with Crippen molar-refractivity contribution in [3.8, 4) is 0 Å². The molecule has 70 valence electrons. The van der Waals surface area contributed by atoms with Crippen LogP contribution in [0.1, 0.15) is 26.7 Å². The minimum Gasteiger partial charge on any atom is -0.361 e. The maximum absolute atomic E-state index is 12.6. The zero-order chi connectivity index (χ0) is 9.41. The van der Waals surface area contributed by atoms with Crippen LogP contribution >= 0.6 is 0 Å². The molecule has 1 rings (SSSR count). The number of hydrogen-bond acceptors (Lipinski definition) is 2. The molecule has 12 heavy (non-hydrogen) atoms. The number of rotatable bonds is 1. The largest absolute Gasteiger partial charge is 0.361 e. The maximum atomic E-state index is 12.6. The smallest absolute Gasteiger partial charge is 0.271 e. The molecule has 2 nitrogen and oxygen atoms in total. The standard InChI is InChI=1S/C8H12F2O2/c1-6(11)7(2)3-4-8(9,10)5-12-7/h3-5H2,1-2H3/t7-/m0/s1. The molecule has 0 amide bonds. The van der Waals surface area contributed by atoms with E-state index in [0.717, 1.165) is 0 Å². The topological polar surface area (TPSA) is 26.3 Å². The second kappa shape index (κ2) is 2.76. The zero-order valence-electron chi connectivity index (χ0n) is 7.19. The van der Waals surface area contributed by atoms with Crippen LogP contribution in [0.2, 0.25) is 0 Å². The van der Waals surface area contributed by atoms with Gasteiger partial charge in [-0.2, -0.15) is 0 Å². The second-order valence-corrected chi connectivity index (χ2v) is 3.43. The highest BCUT2D eigenvalue weighted by Gasteiger charge is 2.44. The van der Waals surface area contributed by atoms with Crippen molar-refractivity contribution in [2.75, 3.05) is 6.61 Å². The number of ether oxygens (including phenoxy) is 1. The molecule has 0 aromatic carbocycles. The van der Waals surface area contributed by atoms with Crippen LogP contribution in [0.25, 0.3) is 0 Å². The number of carbonyl (C=O) groups excluding carboxylic acids is 1. The van der Waals surface area contributed by atoms with Gasteiger partial charge in [0.1, 0.15) is 12.2 Å². The van der Waals surface area contributed by atoms with E-state index in [1.165, 1.54) is 6.92 Å². The van der Waals surface area contributed by atoms with Gasteiger partial charge in [0, 0.05) is 6.42 Å². The van der Waals surface area contributed by atoms with E-state index in [2.05, 4.69) is 0 Å². The molecule has 0 aromatic heterocycles. The summed E-state index contributed by atoms with van der Waals surface area (Å²) < 4.78 is 30.0. The van der Waals surface area contributed by atoms with E-state index in [1.807, 2.05) is 0 Å². The summed E-state index contributed by atoms with van der Waals surface area (Å²) in [5.74, 6) is -2.94. The lowest BCUT2D eigenvalue weighted by Gasteiger charge is -2.35. The maximum Gasteiger partial charge on any atom is 0.271 e. The van der Waals surface area contributed by atoms with Crippen LogP contribution in [0, 0.1) is 0 Å². The van der Waals surface area contributed by atoms with Gasteiger partial charge in [0.2, 0.25) is 0 Å². The summed E-state index contributed by atoms with van der Waals surface area (Å²) in [7, 11) is 0. The number of halogens is 2. The summed E-state index contributed by atoms with van der Waals surface area (Å²) in [4.78, 5) is 11.0. The van der Waals surface area contributed by atoms with Gasteiger partial charge >= 0.3 is 0 Å². The van der Waals surface area contributed by atoms with Crippen molar-refractivity contribution in [1.82, 2.24) is 0 Å². The fourth-order valence-electron chi connectivity index (χ4n) is 1.11. The third kappa shape index (κ3) is 1.80. The zero-order valence-corrected chi connectivity index (χ0v) is 7.19. The van der Waals surface area contributed by atoms with E-state index in [-0.39, 0.29) is 18.6 Å². The van der Waals surface area contributed by atoms with Crippen molar-refractivity contribution >= 4 is 5.78 Å². The van der Waals surface area contributed by atoms with E-state index in [0.29, 0.717) is 0 Å². The van der Waals surface area contributed by atoms with E-state index in [1.54, 1.807) is 6.92 Å². The summed E-state index contributed by atoms with van der Waals surface area (Å²) in [5, 5.41) is 0. The summed E-state index contributed by atoms with van der Waals surface area (Å²) in [6.45, 7) is 2.29. The lowest BCUT2D eigenvalue weighted by molar-refractivity contribution is -0.186. The number of alkyl halides is 2. The molecule has 1 saturated heterocycles. The quantitative estimate of drug-likeness (QED) is 0.611. The Morgan fingerprint density at radius 2 is 2.00 bits per heavy atom. The molecular formula is C8H12F2O2. The molecule has 0 unspecified atom stereocenters. The van der Waals surface area contributed by atoms with Gasteiger partial charge in [-0.05, 0) is 20.3 Å². The van der Waals surface area contributed by atoms with E-state index in [9.17, 15) is 13.6 Å². The molecule has 0 aliphatic carbocycles. The Morgan fingerprint density at radius 3 is 2.33 bits per heavy atom. The molecule has 1 fully saturated rings. The van der Waals surface area contributed by atoms with Crippen LogP contribution in [-0.2, 0) is 9.53 Å². The predicted molar refractivity (Wildman–Crippen MR) is 39.2 cm³/mol. The van der Waals surface area contributed by atoms with Gasteiger partial charge in [-0.25, -0.2) is 8.78 Å². The molecule has 0 N–H and O–H groups in total. The molecule has 0 spiro atoms. The summed E-state index contributed by atoms with van der Waals surface area (Å²) in [5.41, 5.74) is -0.984. The molecule has 0 saturated carbocycles. The number of Topliss-reactive ketones (excluding diaryl/α,β-unsaturated/α-hetero) is 1. The molecule has 1 aliphatic rings. The monoisotopic (exact) mass is 178 g/mol. The van der Waals surface area contributed by atoms with Gasteiger partial charge in [-0.3, -0.25) is 4.79 Å². The van der Waals surface area contributed by atoms with Gasteiger partial charge in [0.05, 0.1) is 0 Å². The van der Waals surface area contributed by atoms with Crippen molar-refractivity contribution in [2.45, 2.75) is 38.2 Å². The van der Waals surface area contributed by atoms with Gasteiger partial charge < -0.3 is 4.74 Å². The summed E-state index contributed by atoms with van der Waals surface area (Å²) in [6.07, 6.45) is -0.154. The Balaban J connectivity index is 2.62. The summed E-state index contributed by atoms with van der Waals surface area (Å²) in [6, 6.07) is 0. The average Bonchev–Trinajstić information content (AvgIpc) is 1.96. The van der Waals surface area contributed by atoms with Crippen molar-refractivity contribution in [1.29, 1.82) is 0 Å². The van der Waals surface area contributed by atoms with Crippen LogP contribution in [-0.4, -0.2) is 23.9 Å². The second-order valence-electron chi connectivity index (χ2n) is 3.43. The SMILES string of the molecule is CC(=O)[C@]1(C)CCC(F)(F)CO1. The lowest BCUT2D eigenvalue weighted by Crippen LogP contribution is -2.46. The Bertz CT molecular complexity index is 191. The molecule has 0 bridgehead atoms. The number of hydrogen-bond donors (Lipinski definition) is 0. The first-order valence-corrected chi connectivity index (χ1v) is 3.89. The van der Waals surface area contributed by atoms with Crippen LogP contribution in [0.15, 0.2) is 0 Å². The molecular weight excluding hydrogens is 166 g/mol. The first-order valence-electron chi connectivity index (χ1n) is 3.89. The summed E-state index contributed by atoms with van der Waals surface area (Å²) >= 11 is 0. The lowest BCUT2D eigenvalue weighted by atomic mass is 9.91. The first kappa shape index (κ1) is 9.58. The predicted octanol–water partition coefficient (Wildman–Crippen LogP) is 1.78. The molecule has 1 heterocycles. The van der Waals surface area contributed by atoms with Gasteiger partial charge in [-0.15, -0.1) is 0 Å². The molecule has 0 radical (unpaired) electrons. The Hall–Kier alpha value is -0.510. The third-order valence-electron chi connectivity index (χ3n) is 2.31. The molecule has 0 aromatic rings. The molecule has 1 atom stereocenters. The third-order valence-corrected chi connectivity index (χ3v) is 2.31. The van der Waals surface area contributed by atoms with E-state index in [4.69, 9.17) is 4.74 Å². The van der Waals surface area contributed by atoms with Crippen LogP contribution in [0.4, 0.5) is 8.78 Å². The van der Waals surface area contributed by atoms with Crippen molar-refractivity contribution in [3.05, 3.63) is 0 Å². The van der Waals surface area contributed by atoms with Gasteiger partial charge in [-0.1, -0.05) is 0 Å². The molecule has 4 heteroatoms. The highest BCUT2D eigenvalue weighted by atomic mass is 19.3. The van der Waals surface area contributed by atoms with Crippen LogP contribution < -0.4 is 0 Å². The average molecular weight is 178 g/mol. The number of carbonyl (C=O) groups is 1. The van der Waals surface area contributed by atoms with E-state index >= 15 is 0 Å². The number of ketones is 1. The minimum absolute atomic E-state index is 0.106. The first-order chi connectivity index (χ1) is 5.36. The minimum atomic E-state index is -2.76. The Kier molecular flexibility index (Phi) is 2.21. The Labute approximate surface area is 69.9 Å². The van der Waals surface area contributed by atoms with Gasteiger partial charge in [0.15, 0.2) is 5.78 Å². The Morgan fingerprint density at radius 1 is 1.42 bits per heavy atom. The van der Waals surface area contributed by atoms with Crippen molar-refractivity contribution in [2.24, 2.45) is 0 Å². The highest BCUT2D eigenvalue weighted by molar-refractivity contribution is 5.84.